The van der Waals surface area contributed by atoms with Crippen LogP contribution in [-0.2, 0) is 9.84 Å². The maximum atomic E-state index is 11.4. The van der Waals surface area contributed by atoms with E-state index in [0.717, 1.165) is 0 Å². The van der Waals surface area contributed by atoms with E-state index in [1.165, 1.54) is 6.92 Å². The first kappa shape index (κ1) is 12.4. The molecule has 0 saturated heterocycles. The summed E-state index contributed by atoms with van der Waals surface area (Å²) in [6.45, 7) is 1.46. The summed E-state index contributed by atoms with van der Waals surface area (Å²) in [7, 11) is -3.30. The lowest BCUT2D eigenvalue weighted by Gasteiger charge is -2.06. The lowest BCUT2D eigenvalue weighted by atomic mass is 10.4. The fourth-order valence-corrected chi connectivity index (χ4v) is 1.79. The predicted molar refractivity (Wildman–Crippen MR) is 54.5 cm³/mol. The molecule has 0 amide bonds. The normalized spacial score (nSPS) is 13.1. The smallest absolute Gasteiger partial charge is 0.193 e. The number of hydrogen-bond donors (Lipinski definition) is 1. The van der Waals surface area contributed by atoms with Gasteiger partial charge in [0.25, 0.3) is 0 Å². The average molecular weight is 222 g/mol. The first-order valence-electron chi connectivity index (χ1n) is 3.59. The zero-order valence-electron chi connectivity index (χ0n) is 7.17. The van der Waals surface area contributed by atoms with Gasteiger partial charge in [-0.1, -0.05) is 18.2 Å². The van der Waals surface area contributed by atoms with E-state index in [1.807, 2.05) is 0 Å². The summed E-state index contributed by atoms with van der Waals surface area (Å²) in [6.07, 6.45) is 0. The zero-order chi connectivity index (χ0) is 9.19. The van der Waals surface area contributed by atoms with Crippen molar-refractivity contribution < 1.29 is 8.42 Å². The van der Waals surface area contributed by atoms with Crippen molar-refractivity contribution in [1.82, 2.24) is 0 Å². The standard InChI is InChI=1S/C8H11NO2S.ClH/c1-7(9)12(10,11)8-5-3-2-4-6-8;/h2-7H,9H2,1H3;1H. The van der Waals surface area contributed by atoms with Crippen molar-refractivity contribution in [2.45, 2.75) is 17.2 Å². The van der Waals surface area contributed by atoms with Crippen LogP contribution in [0.4, 0.5) is 0 Å². The third-order valence-electron chi connectivity index (χ3n) is 1.56. The molecule has 1 aromatic rings. The van der Waals surface area contributed by atoms with Gasteiger partial charge >= 0.3 is 0 Å². The quantitative estimate of drug-likeness (QED) is 0.816. The Bertz CT molecular complexity index is 348. The maximum Gasteiger partial charge on any atom is 0.193 e. The summed E-state index contributed by atoms with van der Waals surface area (Å²) < 4.78 is 22.8. The summed E-state index contributed by atoms with van der Waals surface area (Å²) in [5.41, 5.74) is 5.31. The molecule has 0 aliphatic carbocycles. The van der Waals surface area contributed by atoms with Gasteiger partial charge in [-0.2, -0.15) is 0 Å². The van der Waals surface area contributed by atoms with Crippen LogP contribution in [0.5, 0.6) is 0 Å². The Balaban J connectivity index is 0.00000144. The SMILES string of the molecule is CC(N)S(=O)(=O)c1ccccc1.Cl. The number of rotatable bonds is 2. The molecule has 2 N–H and O–H groups in total. The highest BCUT2D eigenvalue weighted by atomic mass is 35.5. The Hall–Kier alpha value is -0.580. The summed E-state index contributed by atoms with van der Waals surface area (Å²) in [5, 5.41) is -0.847. The van der Waals surface area contributed by atoms with Crippen LogP contribution < -0.4 is 5.73 Å². The fourth-order valence-electron chi connectivity index (χ4n) is 0.825. The van der Waals surface area contributed by atoms with Gasteiger partial charge in [0.05, 0.1) is 4.90 Å². The summed E-state index contributed by atoms with van der Waals surface area (Å²) >= 11 is 0. The molecule has 0 radical (unpaired) electrons. The topological polar surface area (TPSA) is 60.2 Å². The molecule has 5 heteroatoms. The van der Waals surface area contributed by atoms with Crippen LogP contribution in [0.15, 0.2) is 35.2 Å². The lowest BCUT2D eigenvalue weighted by molar-refractivity contribution is 0.585. The Morgan fingerprint density at radius 2 is 1.69 bits per heavy atom. The van der Waals surface area contributed by atoms with E-state index < -0.39 is 15.2 Å². The van der Waals surface area contributed by atoms with Gasteiger partial charge < -0.3 is 5.73 Å². The fraction of sp³-hybridized carbons (Fsp3) is 0.250. The molecule has 1 atom stereocenters. The van der Waals surface area contributed by atoms with E-state index in [4.69, 9.17) is 5.73 Å². The monoisotopic (exact) mass is 221 g/mol. The van der Waals surface area contributed by atoms with Gasteiger partial charge in [0.15, 0.2) is 9.84 Å². The highest BCUT2D eigenvalue weighted by Gasteiger charge is 2.18. The van der Waals surface area contributed by atoms with Crippen LogP contribution >= 0.6 is 12.4 Å². The van der Waals surface area contributed by atoms with Gasteiger partial charge in [-0.05, 0) is 19.1 Å². The minimum Gasteiger partial charge on any atom is -0.315 e. The van der Waals surface area contributed by atoms with Gasteiger partial charge in [0, 0.05) is 0 Å². The molecule has 0 spiro atoms. The summed E-state index contributed by atoms with van der Waals surface area (Å²) in [4.78, 5) is 0.278. The number of nitrogens with two attached hydrogens (primary N) is 1. The lowest BCUT2D eigenvalue weighted by Crippen LogP contribution is -2.26. The Morgan fingerprint density at radius 1 is 1.23 bits per heavy atom. The van der Waals surface area contributed by atoms with Crippen molar-refractivity contribution >= 4 is 22.2 Å². The first-order chi connectivity index (χ1) is 5.55. The number of hydrogen-bond acceptors (Lipinski definition) is 3. The molecule has 1 aromatic carbocycles. The van der Waals surface area contributed by atoms with Crippen LogP contribution in [0.2, 0.25) is 0 Å². The van der Waals surface area contributed by atoms with E-state index in [2.05, 4.69) is 0 Å². The molecule has 1 rings (SSSR count). The van der Waals surface area contributed by atoms with Gasteiger partial charge in [0.2, 0.25) is 0 Å². The largest absolute Gasteiger partial charge is 0.315 e. The van der Waals surface area contributed by atoms with Gasteiger partial charge in [-0.25, -0.2) is 8.42 Å². The Labute approximate surface area is 84.3 Å². The third kappa shape index (κ3) is 2.69. The minimum absolute atomic E-state index is 0. The first-order valence-corrected chi connectivity index (χ1v) is 5.14. The van der Waals surface area contributed by atoms with Gasteiger partial charge in [-0.15, -0.1) is 12.4 Å². The number of sulfone groups is 1. The summed E-state index contributed by atoms with van der Waals surface area (Å²) in [6, 6.07) is 8.20. The number of halogens is 1. The Kier molecular flexibility index (Phi) is 4.39. The maximum absolute atomic E-state index is 11.4. The summed E-state index contributed by atoms with van der Waals surface area (Å²) in [5.74, 6) is 0. The van der Waals surface area contributed by atoms with Crippen LogP contribution in [0, 0.1) is 0 Å². The second-order valence-electron chi connectivity index (χ2n) is 2.56. The van der Waals surface area contributed by atoms with Gasteiger partial charge in [0.1, 0.15) is 5.37 Å². The molecule has 0 bridgehead atoms. The second-order valence-corrected chi connectivity index (χ2v) is 4.87. The molecular formula is C8H12ClNO2S. The highest BCUT2D eigenvalue weighted by molar-refractivity contribution is 7.92. The van der Waals surface area contributed by atoms with Crippen molar-refractivity contribution in [2.75, 3.05) is 0 Å². The highest BCUT2D eigenvalue weighted by Crippen LogP contribution is 2.11. The molecule has 0 aliphatic rings. The zero-order valence-corrected chi connectivity index (χ0v) is 8.81. The van der Waals surface area contributed by atoms with E-state index in [0.29, 0.717) is 0 Å². The van der Waals surface area contributed by atoms with E-state index in [9.17, 15) is 8.42 Å². The van der Waals surface area contributed by atoms with Crippen molar-refractivity contribution in [2.24, 2.45) is 5.73 Å². The van der Waals surface area contributed by atoms with Gasteiger partial charge in [-0.3, -0.25) is 0 Å². The minimum atomic E-state index is -3.30. The van der Waals surface area contributed by atoms with Crippen LogP contribution in [0.1, 0.15) is 6.92 Å². The molecule has 74 valence electrons. The molecule has 1 unspecified atom stereocenters. The van der Waals surface area contributed by atoms with Crippen molar-refractivity contribution in [3.05, 3.63) is 30.3 Å². The van der Waals surface area contributed by atoms with E-state index in [1.54, 1.807) is 30.3 Å². The van der Waals surface area contributed by atoms with Crippen LogP contribution in [0.25, 0.3) is 0 Å². The molecule has 3 nitrogen and oxygen atoms in total. The second kappa shape index (κ2) is 4.60. The predicted octanol–water partition coefficient (Wildman–Crippen LogP) is 1.19. The third-order valence-corrected chi connectivity index (χ3v) is 3.47. The Morgan fingerprint density at radius 3 is 2.08 bits per heavy atom. The average Bonchev–Trinajstić information content (AvgIpc) is 2.06. The van der Waals surface area contributed by atoms with Crippen molar-refractivity contribution in [1.29, 1.82) is 0 Å². The van der Waals surface area contributed by atoms with Crippen LogP contribution in [-0.4, -0.2) is 13.8 Å². The van der Waals surface area contributed by atoms with Crippen LogP contribution in [0.3, 0.4) is 0 Å². The van der Waals surface area contributed by atoms with Crippen molar-refractivity contribution in [3.63, 3.8) is 0 Å². The number of benzene rings is 1. The molecular weight excluding hydrogens is 210 g/mol. The molecule has 0 aromatic heterocycles. The van der Waals surface area contributed by atoms with E-state index >= 15 is 0 Å². The molecule has 0 aliphatic heterocycles. The van der Waals surface area contributed by atoms with Crippen molar-refractivity contribution in [3.8, 4) is 0 Å². The van der Waals surface area contributed by atoms with E-state index in [-0.39, 0.29) is 17.3 Å². The molecule has 0 saturated carbocycles. The molecule has 0 fully saturated rings. The molecule has 0 heterocycles. The molecule has 13 heavy (non-hydrogen) atoms.